The standard InChI is InChI=1S/C23H38N2O4/c1-6-20(7-2)29-18(5)21(26)23(8-3,9-4)25-16-15-24-22(27)28-17-19-13-11-10-12-14-19/h10-14,18,20,25H,6-9,15-17H2,1-5H3,(H,24,27)/t18-/m0/s1. The monoisotopic (exact) mass is 406 g/mol. The van der Waals surface area contributed by atoms with E-state index in [2.05, 4.69) is 24.5 Å². The number of benzene rings is 1. The minimum atomic E-state index is -0.652. The van der Waals surface area contributed by atoms with Crippen molar-refractivity contribution in [3.05, 3.63) is 35.9 Å². The number of carbonyl (C=O) groups excluding carboxylic acids is 2. The number of amides is 1. The van der Waals surface area contributed by atoms with Gasteiger partial charge in [0.2, 0.25) is 0 Å². The van der Waals surface area contributed by atoms with Gasteiger partial charge in [0, 0.05) is 13.1 Å². The summed E-state index contributed by atoms with van der Waals surface area (Å²) < 4.78 is 11.2. The third-order valence-electron chi connectivity index (χ3n) is 5.43. The first-order valence-corrected chi connectivity index (χ1v) is 10.8. The SMILES string of the molecule is CCC(CC)O[C@@H](C)C(=O)C(CC)(CC)NCCNC(=O)OCc1ccccc1. The summed E-state index contributed by atoms with van der Waals surface area (Å²) in [4.78, 5) is 24.9. The fraction of sp³-hybridized carbons (Fsp3) is 0.652. The minimum absolute atomic E-state index is 0.0704. The lowest BCUT2D eigenvalue weighted by atomic mass is 9.85. The van der Waals surface area contributed by atoms with E-state index >= 15 is 0 Å². The molecule has 0 heterocycles. The summed E-state index contributed by atoms with van der Waals surface area (Å²) in [5, 5.41) is 6.08. The Bertz CT molecular complexity index is 598. The molecule has 1 aromatic carbocycles. The second kappa shape index (κ2) is 13.3. The largest absolute Gasteiger partial charge is 0.445 e. The van der Waals surface area contributed by atoms with Crippen LogP contribution in [0.3, 0.4) is 0 Å². The molecule has 164 valence electrons. The molecule has 0 saturated heterocycles. The molecule has 1 aromatic rings. The molecule has 1 atom stereocenters. The fourth-order valence-corrected chi connectivity index (χ4v) is 3.40. The van der Waals surface area contributed by atoms with Gasteiger partial charge in [-0.25, -0.2) is 4.79 Å². The molecule has 6 heteroatoms. The molecule has 0 spiro atoms. The topological polar surface area (TPSA) is 76.7 Å². The highest BCUT2D eigenvalue weighted by Crippen LogP contribution is 2.21. The Balaban J connectivity index is 2.47. The molecular formula is C23H38N2O4. The van der Waals surface area contributed by atoms with Crippen LogP contribution >= 0.6 is 0 Å². The third kappa shape index (κ3) is 8.15. The summed E-state index contributed by atoms with van der Waals surface area (Å²) in [6.07, 6.45) is 2.28. The van der Waals surface area contributed by atoms with E-state index in [-0.39, 0.29) is 18.5 Å². The summed E-state index contributed by atoms with van der Waals surface area (Å²) in [7, 11) is 0. The second-order valence-electron chi connectivity index (χ2n) is 7.29. The highest BCUT2D eigenvalue weighted by molar-refractivity contribution is 5.92. The Kier molecular flexibility index (Phi) is 11.5. The van der Waals surface area contributed by atoms with E-state index < -0.39 is 17.7 Å². The Hall–Kier alpha value is -1.92. The zero-order valence-electron chi connectivity index (χ0n) is 18.6. The number of nitrogens with one attached hydrogen (secondary N) is 2. The molecule has 6 nitrogen and oxygen atoms in total. The number of Topliss-reactive ketones (excluding diaryl/α,β-unsaturated/α-hetero) is 1. The first kappa shape index (κ1) is 25.1. The van der Waals surface area contributed by atoms with Crippen LogP contribution in [0.5, 0.6) is 0 Å². The van der Waals surface area contributed by atoms with Gasteiger partial charge in [-0.05, 0) is 38.2 Å². The van der Waals surface area contributed by atoms with Crippen LogP contribution in [-0.2, 0) is 20.9 Å². The van der Waals surface area contributed by atoms with Crippen LogP contribution < -0.4 is 10.6 Å². The fourth-order valence-electron chi connectivity index (χ4n) is 3.40. The number of rotatable bonds is 14. The maximum Gasteiger partial charge on any atom is 0.407 e. The molecule has 0 aliphatic heterocycles. The van der Waals surface area contributed by atoms with Crippen LogP contribution in [0.4, 0.5) is 4.79 Å². The number of alkyl carbamates (subject to hydrolysis) is 1. The van der Waals surface area contributed by atoms with Gasteiger partial charge in [0.15, 0.2) is 5.78 Å². The van der Waals surface area contributed by atoms with Crippen LogP contribution in [0.25, 0.3) is 0 Å². The lowest BCUT2D eigenvalue weighted by Gasteiger charge is -2.34. The van der Waals surface area contributed by atoms with Crippen molar-refractivity contribution in [3.63, 3.8) is 0 Å². The van der Waals surface area contributed by atoms with E-state index in [0.717, 1.165) is 18.4 Å². The van der Waals surface area contributed by atoms with Crippen LogP contribution in [0.1, 0.15) is 65.9 Å². The number of ketones is 1. The van der Waals surface area contributed by atoms with E-state index in [1.165, 1.54) is 0 Å². The predicted octanol–water partition coefficient (Wildman–Crippen LogP) is 4.22. The zero-order valence-corrected chi connectivity index (χ0v) is 18.6. The molecule has 0 radical (unpaired) electrons. The third-order valence-corrected chi connectivity index (χ3v) is 5.43. The number of hydrogen-bond donors (Lipinski definition) is 2. The van der Waals surface area contributed by atoms with Crippen molar-refractivity contribution in [1.82, 2.24) is 10.6 Å². The molecule has 0 aromatic heterocycles. The Morgan fingerprint density at radius 1 is 1.00 bits per heavy atom. The molecule has 0 aliphatic rings. The average Bonchev–Trinajstić information content (AvgIpc) is 2.76. The van der Waals surface area contributed by atoms with Crippen LogP contribution in [0.2, 0.25) is 0 Å². The van der Waals surface area contributed by atoms with E-state index in [9.17, 15) is 9.59 Å². The molecule has 1 amide bonds. The van der Waals surface area contributed by atoms with Gasteiger partial charge in [0.05, 0.1) is 11.6 Å². The Morgan fingerprint density at radius 2 is 1.62 bits per heavy atom. The summed E-state index contributed by atoms with van der Waals surface area (Å²) >= 11 is 0. The quantitative estimate of drug-likeness (QED) is 0.452. The van der Waals surface area contributed by atoms with E-state index in [4.69, 9.17) is 9.47 Å². The molecule has 0 saturated carbocycles. The van der Waals surface area contributed by atoms with E-state index in [0.29, 0.717) is 25.9 Å². The normalized spacial score (nSPS) is 12.6. The highest BCUT2D eigenvalue weighted by atomic mass is 16.5. The Morgan fingerprint density at radius 3 is 2.17 bits per heavy atom. The lowest BCUT2D eigenvalue weighted by molar-refractivity contribution is -0.140. The molecule has 0 bridgehead atoms. The van der Waals surface area contributed by atoms with Crippen molar-refractivity contribution < 1.29 is 19.1 Å². The van der Waals surface area contributed by atoms with Gasteiger partial charge in [-0.3, -0.25) is 4.79 Å². The maximum absolute atomic E-state index is 13.1. The number of carbonyl (C=O) groups is 2. The molecule has 29 heavy (non-hydrogen) atoms. The smallest absolute Gasteiger partial charge is 0.407 e. The van der Waals surface area contributed by atoms with Crippen molar-refractivity contribution >= 4 is 11.9 Å². The van der Waals surface area contributed by atoms with Crippen molar-refractivity contribution in [2.24, 2.45) is 0 Å². The van der Waals surface area contributed by atoms with E-state index in [1.54, 1.807) is 0 Å². The summed E-state index contributed by atoms with van der Waals surface area (Å²) in [5.41, 5.74) is 0.287. The molecule has 1 rings (SSSR count). The molecule has 0 fully saturated rings. The highest BCUT2D eigenvalue weighted by Gasteiger charge is 2.37. The van der Waals surface area contributed by atoms with E-state index in [1.807, 2.05) is 51.1 Å². The summed E-state index contributed by atoms with van der Waals surface area (Å²) in [6.45, 7) is 11.1. The summed E-state index contributed by atoms with van der Waals surface area (Å²) in [6, 6.07) is 9.53. The van der Waals surface area contributed by atoms with Crippen LogP contribution in [0.15, 0.2) is 30.3 Å². The predicted molar refractivity (Wildman–Crippen MR) is 116 cm³/mol. The van der Waals surface area contributed by atoms with Crippen LogP contribution in [-0.4, -0.2) is 42.7 Å². The lowest BCUT2D eigenvalue weighted by Crippen LogP contribution is -2.56. The maximum atomic E-state index is 13.1. The minimum Gasteiger partial charge on any atom is -0.445 e. The van der Waals surface area contributed by atoms with Gasteiger partial charge in [0.1, 0.15) is 12.7 Å². The number of hydrogen-bond acceptors (Lipinski definition) is 5. The zero-order chi connectivity index (χ0) is 21.7. The first-order valence-electron chi connectivity index (χ1n) is 10.8. The molecular weight excluding hydrogens is 368 g/mol. The van der Waals surface area contributed by atoms with Crippen molar-refractivity contribution in [1.29, 1.82) is 0 Å². The van der Waals surface area contributed by atoms with Gasteiger partial charge < -0.3 is 20.1 Å². The van der Waals surface area contributed by atoms with Gasteiger partial charge in [-0.15, -0.1) is 0 Å². The number of ether oxygens (including phenoxy) is 2. The van der Waals surface area contributed by atoms with Gasteiger partial charge in [-0.2, -0.15) is 0 Å². The molecule has 2 N–H and O–H groups in total. The van der Waals surface area contributed by atoms with Crippen molar-refractivity contribution in [2.75, 3.05) is 13.1 Å². The Labute approximate surface area is 175 Å². The molecule has 0 aliphatic carbocycles. The summed E-state index contributed by atoms with van der Waals surface area (Å²) in [5.74, 6) is 0.0704. The van der Waals surface area contributed by atoms with Crippen LogP contribution in [0, 0.1) is 0 Å². The van der Waals surface area contributed by atoms with Crippen molar-refractivity contribution in [2.45, 2.75) is 84.7 Å². The van der Waals surface area contributed by atoms with Gasteiger partial charge >= 0.3 is 6.09 Å². The first-order chi connectivity index (χ1) is 13.9. The van der Waals surface area contributed by atoms with Gasteiger partial charge in [-0.1, -0.05) is 58.0 Å². The second-order valence-corrected chi connectivity index (χ2v) is 7.29. The molecule has 0 unspecified atom stereocenters. The van der Waals surface area contributed by atoms with Crippen molar-refractivity contribution in [3.8, 4) is 0 Å². The average molecular weight is 407 g/mol. The van der Waals surface area contributed by atoms with Gasteiger partial charge in [0.25, 0.3) is 0 Å².